The van der Waals surface area contributed by atoms with E-state index in [0.717, 1.165) is 10.8 Å². The third-order valence-electron chi connectivity index (χ3n) is 9.12. The van der Waals surface area contributed by atoms with E-state index in [9.17, 15) is 19.2 Å². The summed E-state index contributed by atoms with van der Waals surface area (Å²) in [6.45, 7) is 2.93. The highest BCUT2D eigenvalue weighted by Gasteiger charge is 2.65. The number of allylic oxidation sites excluding steroid dienone is 2. The minimum Gasteiger partial charge on any atom is -0.462 e. The summed E-state index contributed by atoms with van der Waals surface area (Å²) in [7, 11) is 0. The summed E-state index contributed by atoms with van der Waals surface area (Å²) in [6.07, 6.45) is 9.05. The largest absolute Gasteiger partial charge is 0.462 e. The van der Waals surface area contributed by atoms with E-state index < -0.39 is 17.3 Å². The fourth-order valence-corrected chi connectivity index (χ4v) is 7.55. The maximum absolute atomic E-state index is 14.5. The van der Waals surface area contributed by atoms with Gasteiger partial charge in [0, 0.05) is 36.8 Å². The van der Waals surface area contributed by atoms with Gasteiger partial charge in [-0.25, -0.2) is 0 Å². The number of carbonyl (C=O) groups is 4. The average molecular weight is 549 g/mol. The number of Topliss-reactive ketones (excluding diaryl/α,β-unsaturated/α-hetero) is 2. The minimum absolute atomic E-state index is 0.0243. The van der Waals surface area contributed by atoms with Gasteiger partial charge in [0.15, 0.2) is 11.6 Å². The number of hydrogen-bond acceptors (Lipinski definition) is 6. The number of esters is 2. The van der Waals surface area contributed by atoms with Gasteiger partial charge in [0.1, 0.15) is 13.2 Å². The second-order valence-electron chi connectivity index (χ2n) is 11.4. The molecule has 0 aliphatic heterocycles. The zero-order chi connectivity index (χ0) is 28.7. The van der Waals surface area contributed by atoms with Crippen LogP contribution in [0.15, 0.2) is 85.0 Å². The van der Waals surface area contributed by atoms with Crippen LogP contribution in [0.1, 0.15) is 45.7 Å². The van der Waals surface area contributed by atoms with Crippen molar-refractivity contribution in [1.82, 2.24) is 0 Å². The lowest BCUT2D eigenvalue weighted by Gasteiger charge is -2.35. The monoisotopic (exact) mass is 548 g/mol. The first-order chi connectivity index (χ1) is 19.8. The molecule has 6 heteroatoms. The smallest absolute Gasteiger partial charge is 0.302 e. The Morgan fingerprint density at radius 1 is 0.732 bits per heavy atom. The Hall–Kier alpha value is -4.32. The molecule has 3 aliphatic rings. The number of hydrogen-bond donors (Lipinski definition) is 0. The highest BCUT2D eigenvalue weighted by molar-refractivity contribution is 6.19. The SMILES string of the molecule is CC(=O)OC/C=C\[C@@H]1[C@@H]2C(=O)c3cc4ccccc4cc3C(=O)[C@@H]2[C@H](/C=C\COC(C)=O)C12Cc1ccccc1C2. The Morgan fingerprint density at radius 2 is 1.15 bits per heavy atom. The van der Waals surface area contributed by atoms with Gasteiger partial charge in [-0.05, 0) is 64.1 Å². The van der Waals surface area contributed by atoms with Crippen LogP contribution in [0.5, 0.6) is 0 Å². The Bertz CT molecular complexity index is 1510. The van der Waals surface area contributed by atoms with E-state index in [1.165, 1.54) is 25.0 Å². The van der Waals surface area contributed by atoms with Gasteiger partial charge >= 0.3 is 11.9 Å². The molecule has 0 aromatic heterocycles. The highest BCUT2D eigenvalue weighted by atomic mass is 16.5. The molecule has 1 fully saturated rings. The summed E-state index contributed by atoms with van der Waals surface area (Å²) < 4.78 is 10.4. The predicted octanol–water partition coefficient (Wildman–Crippen LogP) is 5.72. The van der Waals surface area contributed by atoms with Crippen molar-refractivity contribution in [3.05, 3.63) is 107 Å². The molecule has 0 unspecified atom stereocenters. The van der Waals surface area contributed by atoms with E-state index in [1.54, 1.807) is 0 Å². The van der Waals surface area contributed by atoms with Crippen LogP contribution in [0.4, 0.5) is 0 Å². The fraction of sp³-hybridized carbons (Fsp3) is 0.314. The molecule has 3 aliphatic carbocycles. The molecular weight excluding hydrogens is 516 g/mol. The van der Waals surface area contributed by atoms with Crippen molar-refractivity contribution in [3.63, 3.8) is 0 Å². The molecule has 1 spiro atoms. The maximum atomic E-state index is 14.5. The van der Waals surface area contributed by atoms with E-state index >= 15 is 0 Å². The molecule has 3 aromatic carbocycles. The molecular formula is C35H32O6. The molecule has 208 valence electrons. The standard InChI is InChI=1S/C35H32O6/c1-21(36)40-15-7-13-29-31-32(34(39)28-18-24-10-4-3-9-23(24)17-27(28)33(31)38)30(14-8-16-41-22(2)37)35(29)19-25-11-5-6-12-26(25)20-35/h3-14,17-18,29-32H,15-16,19-20H2,1-2H3/b13-7-,14-8-/t29-,30+,31+,32-. The van der Waals surface area contributed by atoms with Crippen LogP contribution >= 0.6 is 0 Å². The molecule has 4 atom stereocenters. The van der Waals surface area contributed by atoms with E-state index in [0.29, 0.717) is 24.0 Å². The molecule has 6 nitrogen and oxygen atoms in total. The molecule has 1 saturated carbocycles. The van der Waals surface area contributed by atoms with Crippen molar-refractivity contribution < 1.29 is 28.7 Å². The maximum Gasteiger partial charge on any atom is 0.302 e. The normalized spacial score (nSPS) is 24.1. The van der Waals surface area contributed by atoms with E-state index in [2.05, 4.69) is 12.1 Å². The van der Waals surface area contributed by atoms with Gasteiger partial charge in [-0.2, -0.15) is 0 Å². The molecule has 0 N–H and O–H groups in total. The van der Waals surface area contributed by atoms with Gasteiger partial charge in [0.2, 0.25) is 0 Å². The topological polar surface area (TPSA) is 86.7 Å². The summed E-state index contributed by atoms with van der Waals surface area (Å²) in [5.74, 6) is -2.47. The third kappa shape index (κ3) is 4.61. The summed E-state index contributed by atoms with van der Waals surface area (Å²) in [5.41, 5.74) is 2.93. The molecule has 0 saturated heterocycles. The Kier molecular flexibility index (Phi) is 6.94. The lowest BCUT2D eigenvalue weighted by molar-refractivity contribution is -0.140. The van der Waals surface area contributed by atoms with Crippen LogP contribution in [-0.2, 0) is 31.9 Å². The van der Waals surface area contributed by atoms with Gasteiger partial charge in [-0.3, -0.25) is 19.2 Å². The van der Waals surface area contributed by atoms with Crippen LogP contribution in [-0.4, -0.2) is 36.7 Å². The minimum atomic E-state index is -0.567. The quantitative estimate of drug-likeness (QED) is 0.289. The van der Waals surface area contributed by atoms with Gasteiger partial charge in [-0.1, -0.05) is 72.8 Å². The highest BCUT2D eigenvalue weighted by Crippen LogP contribution is 2.63. The fourth-order valence-electron chi connectivity index (χ4n) is 7.55. The zero-order valence-electron chi connectivity index (χ0n) is 23.2. The molecule has 6 rings (SSSR count). The van der Waals surface area contributed by atoms with Gasteiger partial charge < -0.3 is 9.47 Å². The van der Waals surface area contributed by atoms with E-state index in [1.807, 2.05) is 72.8 Å². The molecule has 41 heavy (non-hydrogen) atoms. The molecule has 0 heterocycles. The molecule has 0 amide bonds. The van der Waals surface area contributed by atoms with Crippen molar-refractivity contribution in [3.8, 4) is 0 Å². The number of ketones is 2. The molecule has 3 aromatic rings. The van der Waals surface area contributed by atoms with Crippen molar-refractivity contribution >= 4 is 34.3 Å². The van der Waals surface area contributed by atoms with E-state index in [-0.39, 0.29) is 48.6 Å². The third-order valence-corrected chi connectivity index (χ3v) is 9.12. The Labute approximate surface area is 239 Å². The van der Waals surface area contributed by atoms with E-state index in [4.69, 9.17) is 9.47 Å². The first kappa shape index (κ1) is 26.9. The number of ether oxygens (including phenoxy) is 2. The molecule has 0 radical (unpaired) electrons. The van der Waals surface area contributed by atoms with Crippen molar-refractivity contribution in [2.75, 3.05) is 13.2 Å². The molecule has 0 bridgehead atoms. The van der Waals surface area contributed by atoms with Crippen LogP contribution in [0.3, 0.4) is 0 Å². The van der Waals surface area contributed by atoms with Crippen LogP contribution in [0.25, 0.3) is 10.8 Å². The van der Waals surface area contributed by atoms with Gasteiger partial charge in [0.25, 0.3) is 0 Å². The Morgan fingerprint density at radius 3 is 1.56 bits per heavy atom. The predicted molar refractivity (Wildman–Crippen MR) is 154 cm³/mol. The van der Waals surface area contributed by atoms with Crippen molar-refractivity contribution in [2.24, 2.45) is 29.1 Å². The summed E-state index contributed by atoms with van der Waals surface area (Å²) >= 11 is 0. The number of rotatable bonds is 6. The summed E-state index contributed by atoms with van der Waals surface area (Å²) in [6, 6.07) is 19.8. The summed E-state index contributed by atoms with van der Waals surface area (Å²) in [5, 5.41) is 1.85. The lowest BCUT2D eigenvalue weighted by Crippen LogP contribution is -2.37. The van der Waals surface area contributed by atoms with Crippen LogP contribution < -0.4 is 0 Å². The van der Waals surface area contributed by atoms with Crippen LogP contribution in [0.2, 0.25) is 0 Å². The van der Waals surface area contributed by atoms with Crippen molar-refractivity contribution in [2.45, 2.75) is 26.7 Å². The van der Waals surface area contributed by atoms with Gasteiger partial charge in [0.05, 0.1) is 0 Å². The Balaban J connectivity index is 1.50. The lowest BCUT2D eigenvalue weighted by atomic mass is 9.67. The zero-order valence-corrected chi connectivity index (χ0v) is 23.2. The first-order valence-electron chi connectivity index (χ1n) is 14.1. The number of benzene rings is 3. The summed E-state index contributed by atoms with van der Waals surface area (Å²) in [4.78, 5) is 51.8. The van der Waals surface area contributed by atoms with Crippen molar-refractivity contribution in [1.29, 1.82) is 0 Å². The first-order valence-corrected chi connectivity index (χ1v) is 14.1. The number of carbonyl (C=O) groups excluding carboxylic acids is 4. The average Bonchev–Trinajstić information content (AvgIpc) is 3.46. The van der Waals surface area contributed by atoms with Crippen LogP contribution in [0, 0.1) is 29.1 Å². The number of fused-ring (bicyclic) bond motifs is 4. The van der Waals surface area contributed by atoms with Gasteiger partial charge in [-0.15, -0.1) is 0 Å². The second-order valence-corrected chi connectivity index (χ2v) is 11.4. The second kappa shape index (κ2) is 10.6.